The van der Waals surface area contributed by atoms with Gasteiger partial charge in [0, 0.05) is 12.7 Å². The molecule has 1 amide bonds. The van der Waals surface area contributed by atoms with E-state index in [0.29, 0.717) is 18.1 Å². The fraction of sp³-hybridized carbons (Fsp3) is 0.150. The zero-order valence-corrected chi connectivity index (χ0v) is 14.3. The first kappa shape index (κ1) is 16.6. The molecular formula is C20H20N4O. The maximum atomic E-state index is 12.2. The van der Waals surface area contributed by atoms with Crippen LogP contribution in [0.5, 0.6) is 0 Å². The number of rotatable bonds is 5. The summed E-state index contributed by atoms with van der Waals surface area (Å²) in [5, 5.41) is 11.1. The van der Waals surface area contributed by atoms with Crippen LogP contribution in [0.25, 0.3) is 0 Å². The Balaban J connectivity index is 1.64. The Morgan fingerprint density at radius 1 is 0.960 bits per heavy atom. The van der Waals surface area contributed by atoms with Gasteiger partial charge >= 0.3 is 0 Å². The van der Waals surface area contributed by atoms with Crippen molar-refractivity contribution < 1.29 is 4.79 Å². The van der Waals surface area contributed by atoms with Crippen molar-refractivity contribution in [2.45, 2.75) is 13.3 Å². The largest absolute Gasteiger partial charge is 0.328 e. The molecule has 0 bridgehead atoms. The van der Waals surface area contributed by atoms with Gasteiger partial charge in [0.05, 0.1) is 6.42 Å². The Morgan fingerprint density at radius 3 is 2.36 bits per heavy atom. The van der Waals surface area contributed by atoms with Crippen molar-refractivity contribution >= 4 is 23.2 Å². The molecule has 0 aliphatic carbocycles. The number of para-hydroxylation sites is 1. The van der Waals surface area contributed by atoms with E-state index in [1.54, 1.807) is 6.07 Å². The van der Waals surface area contributed by atoms with Gasteiger partial charge in [-0.2, -0.15) is 0 Å². The van der Waals surface area contributed by atoms with Crippen LogP contribution in [-0.2, 0) is 11.2 Å². The van der Waals surface area contributed by atoms with Crippen LogP contribution in [0.2, 0.25) is 0 Å². The maximum absolute atomic E-state index is 12.2. The predicted molar refractivity (Wildman–Crippen MR) is 100 cm³/mol. The van der Waals surface area contributed by atoms with Crippen molar-refractivity contribution in [3.8, 4) is 0 Å². The summed E-state index contributed by atoms with van der Waals surface area (Å²) in [6.07, 6.45) is 0.319. The quantitative estimate of drug-likeness (QED) is 0.773. The lowest BCUT2D eigenvalue weighted by Crippen LogP contribution is -2.17. The molecule has 3 aromatic rings. The van der Waals surface area contributed by atoms with E-state index in [1.165, 1.54) is 0 Å². The number of carbonyl (C=O) groups is 1. The van der Waals surface area contributed by atoms with Gasteiger partial charge in [0.25, 0.3) is 0 Å². The van der Waals surface area contributed by atoms with E-state index < -0.39 is 0 Å². The second-order valence-corrected chi connectivity index (χ2v) is 5.82. The fourth-order valence-corrected chi connectivity index (χ4v) is 2.52. The van der Waals surface area contributed by atoms with Crippen molar-refractivity contribution in [2.24, 2.45) is 0 Å². The number of aromatic nitrogens is 2. The van der Waals surface area contributed by atoms with Crippen LogP contribution in [-0.4, -0.2) is 23.2 Å². The zero-order valence-electron chi connectivity index (χ0n) is 14.3. The molecule has 3 rings (SSSR count). The summed E-state index contributed by atoms with van der Waals surface area (Å²) < 4.78 is 0. The predicted octanol–water partition coefficient (Wildman–Crippen LogP) is 3.73. The third-order valence-corrected chi connectivity index (χ3v) is 4.02. The van der Waals surface area contributed by atoms with Gasteiger partial charge in [0.2, 0.25) is 5.91 Å². The number of hydrogen-bond acceptors (Lipinski definition) is 4. The van der Waals surface area contributed by atoms with E-state index in [9.17, 15) is 4.79 Å². The summed E-state index contributed by atoms with van der Waals surface area (Å²) in [6.45, 7) is 2.00. The molecule has 0 radical (unpaired) electrons. The Morgan fingerprint density at radius 2 is 1.68 bits per heavy atom. The van der Waals surface area contributed by atoms with Crippen LogP contribution in [0, 0.1) is 6.92 Å². The van der Waals surface area contributed by atoms with Gasteiger partial charge in [0.1, 0.15) is 0 Å². The summed E-state index contributed by atoms with van der Waals surface area (Å²) in [5.41, 5.74) is 3.13. The second-order valence-electron chi connectivity index (χ2n) is 5.82. The highest BCUT2D eigenvalue weighted by atomic mass is 16.1. The lowest BCUT2D eigenvalue weighted by Gasteiger charge is -2.17. The zero-order chi connectivity index (χ0) is 17.6. The molecule has 0 atom stereocenters. The average Bonchev–Trinajstić information content (AvgIpc) is 2.64. The van der Waals surface area contributed by atoms with Crippen molar-refractivity contribution in [1.82, 2.24) is 10.2 Å². The minimum atomic E-state index is -0.104. The molecule has 1 heterocycles. The van der Waals surface area contributed by atoms with Crippen molar-refractivity contribution in [3.63, 3.8) is 0 Å². The molecule has 0 aliphatic rings. The molecule has 1 N–H and O–H groups in total. The number of aryl methyl sites for hydroxylation is 1. The van der Waals surface area contributed by atoms with Gasteiger partial charge < -0.3 is 10.2 Å². The van der Waals surface area contributed by atoms with Gasteiger partial charge in [0.15, 0.2) is 11.6 Å². The first-order valence-electron chi connectivity index (χ1n) is 8.10. The Labute approximate surface area is 147 Å². The van der Waals surface area contributed by atoms with Crippen LogP contribution in [0.4, 0.5) is 17.3 Å². The van der Waals surface area contributed by atoms with Crippen molar-refractivity contribution in [2.75, 3.05) is 17.3 Å². The van der Waals surface area contributed by atoms with E-state index in [-0.39, 0.29) is 5.91 Å². The minimum Gasteiger partial charge on any atom is -0.328 e. The highest BCUT2D eigenvalue weighted by molar-refractivity contribution is 5.91. The highest BCUT2D eigenvalue weighted by Crippen LogP contribution is 2.21. The molecule has 5 nitrogen and oxygen atoms in total. The molecule has 0 aliphatic heterocycles. The van der Waals surface area contributed by atoms with Gasteiger partial charge in [-0.05, 0) is 42.3 Å². The lowest BCUT2D eigenvalue weighted by molar-refractivity contribution is -0.115. The molecule has 0 unspecified atom stereocenters. The van der Waals surface area contributed by atoms with Crippen LogP contribution in [0.3, 0.4) is 0 Å². The molecule has 0 saturated carbocycles. The second kappa shape index (κ2) is 7.57. The van der Waals surface area contributed by atoms with E-state index in [1.807, 2.05) is 79.5 Å². The number of nitrogens with zero attached hydrogens (tertiary/aromatic N) is 3. The highest BCUT2D eigenvalue weighted by Gasteiger charge is 2.09. The van der Waals surface area contributed by atoms with E-state index in [4.69, 9.17) is 0 Å². The molecular weight excluding hydrogens is 312 g/mol. The SMILES string of the molecule is Cc1ccccc1CC(=O)Nc1ccc(N(C)c2ccccc2)nn1. The van der Waals surface area contributed by atoms with Crippen LogP contribution in [0.1, 0.15) is 11.1 Å². The Kier molecular flexibility index (Phi) is 5.04. The van der Waals surface area contributed by atoms with Gasteiger partial charge in [-0.1, -0.05) is 42.5 Å². The molecule has 126 valence electrons. The molecule has 25 heavy (non-hydrogen) atoms. The number of carbonyl (C=O) groups excluding carboxylic acids is 1. The molecule has 0 spiro atoms. The third kappa shape index (κ3) is 4.20. The van der Waals surface area contributed by atoms with Crippen LogP contribution in [0.15, 0.2) is 66.7 Å². The van der Waals surface area contributed by atoms with E-state index >= 15 is 0 Å². The van der Waals surface area contributed by atoms with Crippen LogP contribution < -0.4 is 10.2 Å². The van der Waals surface area contributed by atoms with Gasteiger partial charge in [-0.3, -0.25) is 4.79 Å². The summed E-state index contributed by atoms with van der Waals surface area (Å²) in [5.74, 6) is 1.06. The van der Waals surface area contributed by atoms with Crippen LogP contribution >= 0.6 is 0 Å². The number of amides is 1. The topological polar surface area (TPSA) is 58.1 Å². The van der Waals surface area contributed by atoms with Gasteiger partial charge in [-0.15, -0.1) is 10.2 Å². The number of benzene rings is 2. The van der Waals surface area contributed by atoms with Crippen molar-refractivity contribution in [1.29, 1.82) is 0 Å². The monoisotopic (exact) mass is 332 g/mol. The first-order valence-corrected chi connectivity index (χ1v) is 8.10. The Bertz CT molecular complexity index is 847. The van der Waals surface area contributed by atoms with E-state index in [0.717, 1.165) is 16.8 Å². The van der Waals surface area contributed by atoms with E-state index in [2.05, 4.69) is 15.5 Å². The summed E-state index contributed by atoms with van der Waals surface area (Å²) >= 11 is 0. The molecule has 5 heteroatoms. The minimum absolute atomic E-state index is 0.104. The number of hydrogen-bond donors (Lipinski definition) is 1. The normalized spacial score (nSPS) is 10.3. The molecule has 0 saturated heterocycles. The number of nitrogens with one attached hydrogen (secondary N) is 1. The van der Waals surface area contributed by atoms with Crippen molar-refractivity contribution in [3.05, 3.63) is 77.9 Å². The number of anilines is 3. The maximum Gasteiger partial charge on any atom is 0.230 e. The summed E-state index contributed by atoms with van der Waals surface area (Å²) in [4.78, 5) is 14.1. The smallest absolute Gasteiger partial charge is 0.230 e. The third-order valence-electron chi connectivity index (χ3n) is 4.02. The average molecular weight is 332 g/mol. The molecule has 1 aromatic heterocycles. The summed E-state index contributed by atoms with van der Waals surface area (Å²) in [6, 6.07) is 21.4. The molecule has 0 fully saturated rings. The molecule has 2 aromatic carbocycles. The van der Waals surface area contributed by atoms with Gasteiger partial charge in [-0.25, -0.2) is 0 Å². The first-order chi connectivity index (χ1) is 12.1. The summed E-state index contributed by atoms with van der Waals surface area (Å²) in [7, 11) is 1.93. The lowest BCUT2D eigenvalue weighted by atomic mass is 10.1. The standard InChI is InChI=1S/C20H20N4O/c1-15-8-6-7-9-16(15)14-20(25)21-18-12-13-19(23-22-18)24(2)17-10-4-3-5-11-17/h3-13H,14H2,1-2H3,(H,21,22,25). The Hall–Kier alpha value is -3.21. The fourth-order valence-electron chi connectivity index (χ4n) is 2.52.